The van der Waals surface area contributed by atoms with Crippen LogP contribution in [0.1, 0.15) is 27.2 Å². The number of pyridine rings is 2. The minimum Gasteiger partial charge on any atom is -0.324 e. The lowest BCUT2D eigenvalue weighted by Gasteiger charge is -2.14. The number of nitrogens with one attached hydrogen (secondary N) is 1. The number of fused-ring (bicyclic) bond motifs is 1. The van der Waals surface area contributed by atoms with Crippen LogP contribution in [0.3, 0.4) is 0 Å². The Morgan fingerprint density at radius 2 is 1.72 bits per heavy atom. The number of hydrogen-bond acceptors (Lipinski definition) is 4. The summed E-state index contributed by atoms with van der Waals surface area (Å²) in [6, 6.07) is 17.6. The van der Waals surface area contributed by atoms with E-state index >= 15 is 0 Å². The van der Waals surface area contributed by atoms with Gasteiger partial charge in [-0.2, -0.15) is 0 Å². The maximum Gasteiger partial charge on any atom is 0.244 e. The number of halogens is 1. The van der Waals surface area contributed by atoms with Crippen LogP contribution < -0.4 is 10.7 Å². The molecule has 0 radical (unpaired) electrons. The Labute approximate surface area is 193 Å². The molecule has 0 aliphatic carbocycles. The number of nitrogens with zero attached hydrogens (tertiary/aromatic N) is 2. The minimum atomic E-state index is -0.406. The van der Waals surface area contributed by atoms with Crippen molar-refractivity contribution in [2.24, 2.45) is 0 Å². The number of carbonyl (C=O) groups is 2. The first-order valence-corrected chi connectivity index (χ1v) is 10.8. The van der Waals surface area contributed by atoms with Gasteiger partial charge in [-0.1, -0.05) is 34.1 Å². The molecule has 0 aliphatic rings. The van der Waals surface area contributed by atoms with E-state index in [1.54, 1.807) is 41.0 Å². The van der Waals surface area contributed by atoms with Crippen LogP contribution in [0, 0.1) is 13.8 Å². The quantitative estimate of drug-likeness (QED) is 0.413. The van der Waals surface area contributed by atoms with Gasteiger partial charge in [0.05, 0.1) is 10.9 Å². The van der Waals surface area contributed by atoms with Gasteiger partial charge in [0.1, 0.15) is 12.2 Å². The van der Waals surface area contributed by atoms with Crippen molar-refractivity contribution in [3.63, 3.8) is 0 Å². The van der Waals surface area contributed by atoms with E-state index in [0.29, 0.717) is 28.0 Å². The first-order chi connectivity index (χ1) is 15.3. The molecule has 2 aromatic carbocycles. The SMILES string of the molecule is Cc1ccc2c(=O)c(C(=O)c3ccc(Br)cc3)cn(CC(=O)Nc3ccccc3C)c2n1. The Bertz CT molecular complexity index is 1410. The number of para-hydroxylation sites is 1. The Balaban J connectivity index is 1.78. The number of anilines is 1. The first kappa shape index (κ1) is 21.6. The van der Waals surface area contributed by atoms with Crippen LogP contribution in [0.15, 0.2) is 76.1 Å². The smallest absolute Gasteiger partial charge is 0.244 e. The van der Waals surface area contributed by atoms with Gasteiger partial charge in [-0.3, -0.25) is 14.4 Å². The Hall–Kier alpha value is -3.58. The number of benzene rings is 2. The van der Waals surface area contributed by atoms with Gasteiger partial charge < -0.3 is 9.88 Å². The molecule has 0 spiro atoms. The fourth-order valence-electron chi connectivity index (χ4n) is 3.46. The molecule has 0 saturated carbocycles. The highest BCUT2D eigenvalue weighted by molar-refractivity contribution is 9.10. The molecule has 6 nitrogen and oxygen atoms in total. The molecule has 7 heteroatoms. The predicted octanol–water partition coefficient (Wildman–Crippen LogP) is 4.65. The first-order valence-electron chi connectivity index (χ1n) is 10.00. The zero-order valence-electron chi connectivity index (χ0n) is 17.6. The van der Waals surface area contributed by atoms with Crippen LogP contribution >= 0.6 is 15.9 Å². The number of carbonyl (C=O) groups excluding carboxylic acids is 2. The number of rotatable bonds is 5. The van der Waals surface area contributed by atoms with Gasteiger partial charge in [-0.15, -0.1) is 0 Å². The average molecular weight is 490 g/mol. The molecule has 0 fully saturated rings. The number of aromatic nitrogens is 2. The van der Waals surface area contributed by atoms with Crippen LogP contribution in [0.4, 0.5) is 5.69 Å². The summed E-state index contributed by atoms with van der Waals surface area (Å²) < 4.78 is 2.39. The zero-order valence-corrected chi connectivity index (χ0v) is 19.1. The van der Waals surface area contributed by atoms with E-state index in [9.17, 15) is 14.4 Å². The molecule has 0 bridgehead atoms. The number of aryl methyl sites for hydroxylation is 2. The van der Waals surface area contributed by atoms with Crippen LogP contribution in [0.2, 0.25) is 0 Å². The van der Waals surface area contributed by atoms with Crippen molar-refractivity contribution in [1.82, 2.24) is 9.55 Å². The maximum atomic E-state index is 13.1. The van der Waals surface area contributed by atoms with E-state index in [1.165, 1.54) is 6.20 Å². The normalized spacial score (nSPS) is 10.8. The third-order valence-electron chi connectivity index (χ3n) is 5.14. The lowest BCUT2D eigenvalue weighted by atomic mass is 10.0. The minimum absolute atomic E-state index is 0.00540. The molecular formula is C25H20BrN3O3. The van der Waals surface area contributed by atoms with Crippen LogP contribution in [-0.4, -0.2) is 21.2 Å². The van der Waals surface area contributed by atoms with Crippen LogP contribution in [-0.2, 0) is 11.3 Å². The number of ketones is 1. The molecule has 4 aromatic rings. The standard InChI is InChI=1S/C25H20BrN3O3/c1-15-5-3-4-6-21(15)28-22(30)14-29-13-20(23(31)17-8-10-18(26)11-9-17)24(32)19-12-7-16(2)27-25(19)29/h3-13H,14H2,1-2H3,(H,28,30). The van der Waals surface area contributed by atoms with Crippen molar-refractivity contribution >= 4 is 44.3 Å². The summed E-state index contributed by atoms with van der Waals surface area (Å²) in [5.41, 5.74) is 2.69. The molecule has 2 heterocycles. The fraction of sp³-hybridized carbons (Fsp3) is 0.120. The zero-order chi connectivity index (χ0) is 22.8. The van der Waals surface area contributed by atoms with Gasteiger partial charge in [0, 0.05) is 27.6 Å². The van der Waals surface area contributed by atoms with Crippen molar-refractivity contribution in [1.29, 1.82) is 0 Å². The molecule has 1 N–H and O–H groups in total. The highest BCUT2D eigenvalue weighted by atomic mass is 79.9. The summed E-state index contributed by atoms with van der Waals surface area (Å²) in [6.07, 6.45) is 1.43. The monoisotopic (exact) mass is 489 g/mol. The summed E-state index contributed by atoms with van der Waals surface area (Å²) in [5.74, 6) is -0.687. The molecule has 0 unspecified atom stereocenters. The van der Waals surface area contributed by atoms with Gasteiger partial charge in [0.2, 0.25) is 11.3 Å². The van der Waals surface area contributed by atoms with Crippen LogP contribution in [0.5, 0.6) is 0 Å². The number of hydrogen-bond donors (Lipinski definition) is 1. The van der Waals surface area contributed by atoms with Crippen molar-refractivity contribution < 1.29 is 9.59 Å². The van der Waals surface area contributed by atoms with E-state index in [2.05, 4.69) is 26.2 Å². The highest BCUT2D eigenvalue weighted by Gasteiger charge is 2.19. The predicted molar refractivity (Wildman–Crippen MR) is 128 cm³/mol. The average Bonchev–Trinajstić information content (AvgIpc) is 2.77. The molecule has 0 atom stereocenters. The fourth-order valence-corrected chi connectivity index (χ4v) is 3.72. The van der Waals surface area contributed by atoms with E-state index in [0.717, 1.165) is 10.0 Å². The molecule has 2 aromatic heterocycles. The van der Waals surface area contributed by atoms with E-state index in [1.807, 2.05) is 38.1 Å². The second-order valence-electron chi connectivity index (χ2n) is 7.52. The third kappa shape index (κ3) is 4.38. The van der Waals surface area contributed by atoms with Gasteiger partial charge in [0.25, 0.3) is 0 Å². The summed E-state index contributed by atoms with van der Waals surface area (Å²) in [5, 5.41) is 3.18. The van der Waals surface area contributed by atoms with E-state index < -0.39 is 11.2 Å². The summed E-state index contributed by atoms with van der Waals surface area (Å²) in [4.78, 5) is 43.5. The molecular weight excluding hydrogens is 470 g/mol. The van der Waals surface area contributed by atoms with Gasteiger partial charge in [-0.05, 0) is 61.9 Å². The molecule has 0 saturated heterocycles. The Kier molecular flexibility index (Phi) is 6.01. The van der Waals surface area contributed by atoms with Gasteiger partial charge in [-0.25, -0.2) is 4.98 Å². The highest BCUT2D eigenvalue weighted by Crippen LogP contribution is 2.17. The lowest BCUT2D eigenvalue weighted by molar-refractivity contribution is -0.116. The molecule has 1 amide bonds. The molecule has 32 heavy (non-hydrogen) atoms. The summed E-state index contributed by atoms with van der Waals surface area (Å²) in [6.45, 7) is 3.62. The molecule has 0 aliphatic heterocycles. The largest absolute Gasteiger partial charge is 0.324 e. The lowest BCUT2D eigenvalue weighted by Crippen LogP contribution is -2.25. The van der Waals surface area contributed by atoms with E-state index in [4.69, 9.17) is 0 Å². The Morgan fingerprint density at radius 3 is 2.44 bits per heavy atom. The topological polar surface area (TPSA) is 81.1 Å². The van der Waals surface area contributed by atoms with E-state index in [-0.39, 0.29) is 18.0 Å². The molecule has 160 valence electrons. The van der Waals surface area contributed by atoms with Crippen LogP contribution in [0.25, 0.3) is 11.0 Å². The number of amides is 1. The summed E-state index contributed by atoms with van der Waals surface area (Å²) >= 11 is 3.35. The van der Waals surface area contributed by atoms with Gasteiger partial charge in [0.15, 0.2) is 5.78 Å². The maximum absolute atomic E-state index is 13.1. The van der Waals surface area contributed by atoms with Crippen molar-refractivity contribution in [3.05, 3.63) is 104 Å². The third-order valence-corrected chi connectivity index (χ3v) is 5.67. The van der Waals surface area contributed by atoms with Gasteiger partial charge >= 0.3 is 0 Å². The Morgan fingerprint density at radius 1 is 1.00 bits per heavy atom. The second kappa shape index (κ2) is 8.88. The van der Waals surface area contributed by atoms with Crippen molar-refractivity contribution in [2.45, 2.75) is 20.4 Å². The molecule has 4 rings (SSSR count). The summed E-state index contributed by atoms with van der Waals surface area (Å²) in [7, 11) is 0. The second-order valence-corrected chi connectivity index (χ2v) is 8.44. The van der Waals surface area contributed by atoms with Crippen molar-refractivity contribution in [2.75, 3.05) is 5.32 Å². The van der Waals surface area contributed by atoms with Crippen molar-refractivity contribution in [3.8, 4) is 0 Å².